The summed E-state index contributed by atoms with van der Waals surface area (Å²) >= 11 is 11.7. The molecule has 3 aromatic rings. The first-order valence-corrected chi connectivity index (χ1v) is 8.08. The summed E-state index contributed by atoms with van der Waals surface area (Å²) in [7, 11) is 0. The van der Waals surface area contributed by atoms with Crippen LogP contribution >= 0.6 is 38.9 Å². The summed E-state index contributed by atoms with van der Waals surface area (Å²) in [4.78, 5) is 4.85. The lowest BCUT2D eigenvalue weighted by molar-refractivity contribution is 0.939. The molecule has 1 aromatic heterocycles. The average Bonchev–Trinajstić information content (AvgIpc) is 2.81. The number of aromatic nitrogens is 1. The molecule has 0 fully saturated rings. The van der Waals surface area contributed by atoms with Gasteiger partial charge in [-0.05, 0) is 23.8 Å². The fourth-order valence-electron chi connectivity index (χ4n) is 2.00. The molecule has 0 aliphatic heterocycles. The van der Waals surface area contributed by atoms with Crippen LogP contribution in [0.5, 0.6) is 0 Å². The topological polar surface area (TPSA) is 12.9 Å². The number of benzene rings is 2. The summed E-state index contributed by atoms with van der Waals surface area (Å²) in [5, 5.41) is 1.92. The molecule has 4 heteroatoms. The highest BCUT2D eigenvalue weighted by molar-refractivity contribution is 9.09. The molecule has 0 saturated heterocycles. The minimum atomic E-state index is 0.196. The number of alkyl halides is 1. The second kappa shape index (κ2) is 5.61. The Hall–Kier alpha value is -0.900. The minimum absolute atomic E-state index is 0.196. The van der Waals surface area contributed by atoms with Crippen molar-refractivity contribution in [3.8, 4) is 0 Å². The van der Waals surface area contributed by atoms with E-state index in [1.807, 2.05) is 36.4 Å². The Morgan fingerprint density at radius 1 is 1.11 bits per heavy atom. The Morgan fingerprint density at radius 3 is 2.63 bits per heavy atom. The highest BCUT2D eigenvalue weighted by Gasteiger charge is 2.14. The maximum Gasteiger partial charge on any atom is 0.0953 e. The Bertz CT molecular complexity index is 677. The fraction of sp³-hybridized carbons (Fsp3) is 0.133. The van der Waals surface area contributed by atoms with Crippen molar-refractivity contribution in [1.29, 1.82) is 0 Å². The van der Waals surface area contributed by atoms with Crippen LogP contribution in [0.15, 0.2) is 48.5 Å². The van der Waals surface area contributed by atoms with E-state index in [4.69, 9.17) is 11.6 Å². The van der Waals surface area contributed by atoms with Crippen molar-refractivity contribution in [1.82, 2.24) is 4.98 Å². The summed E-state index contributed by atoms with van der Waals surface area (Å²) in [6.45, 7) is 0. The Labute approximate surface area is 129 Å². The van der Waals surface area contributed by atoms with Gasteiger partial charge in [-0.25, -0.2) is 4.98 Å². The van der Waals surface area contributed by atoms with Crippen molar-refractivity contribution in [3.05, 3.63) is 64.1 Å². The van der Waals surface area contributed by atoms with E-state index in [0.717, 1.165) is 27.5 Å². The maximum atomic E-state index is 6.22. The Kier molecular flexibility index (Phi) is 3.87. The number of fused-ring (bicyclic) bond motifs is 1. The summed E-state index contributed by atoms with van der Waals surface area (Å²) in [5.41, 5.74) is 2.18. The van der Waals surface area contributed by atoms with E-state index in [9.17, 15) is 0 Å². The first-order valence-electron chi connectivity index (χ1n) is 5.97. The van der Waals surface area contributed by atoms with Crippen molar-refractivity contribution < 1.29 is 0 Å². The van der Waals surface area contributed by atoms with E-state index in [-0.39, 0.29) is 4.83 Å². The third-order valence-corrected chi connectivity index (χ3v) is 5.15. The van der Waals surface area contributed by atoms with Crippen molar-refractivity contribution in [2.75, 3.05) is 0 Å². The van der Waals surface area contributed by atoms with Gasteiger partial charge in [-0.15, -0.1) is 11.3 Å². The zero-order valence-corrected chi connectivity index (χ0v) is 13.2. The standard InChI is InChI=1S/C15H11BrClNS/c16-11(10-5-1-2-6-12(10)17)9-15-18-13-7-3-4-8-14(13)19-15/h1-8,11H,9H2. The Morgan fingerprint density at radius 2 is 1.84 bits per heavy atom. The molecule has 1 nitrogen and oxygen atoms in total. The number of para-hydroxylation sites is 1. The molecule has 0 N–H and O–H groups in total. The van der Waals surface area contributed by atoms with Crippen LogP contribution in [0.4, 0.5) is 0 Å². The van der Waals surface area contributed by atoms with E-state index >= 15 is 0 Å². The minimum Gasteiger partial charge on any atom is -0.241 e. The lowest BCUT2D eigenvalue weighted by Crippen LogP contribution is -1.95. The lowest BCUT2D eigenvalue weighted by Gasteiger charge is -2.09. The second-order valence-electron chi connectivity index (χ2n) is 4.27. The van der Waals surface area contributed by atoms with E-state index < -0.39 is 0 Å². The predicted molar refractivity (Wildman–Crippen MR) is 86.4 cm³/mol. The highest BCUT2D eigenvalue weighted by Crippen LogP contribution is 2.34. The van der Waals surface area contributed by atoms with Crippen molar-refractivity contribution in [2.45, 2.75) is 11.2 Å². The molecule has 1 unspecified atom stereocenters. The van der Waals surface area contributed by atoms with Gasteiger partial charge >= 0.3 is 0 Å². The van der Waals surface area contributed by atoms with Crippen LogP contribution in [0.3, 0.4) is 0 Å². The van der Waals surface area contributed by atoms with Crippen LogP contribution < -0.4 is 0 Å². The molecular weight excluding hydrogens is 342 g/mol. The summed E-state index contributed by atoms with van der Waals surface area (Å²) < 4.78 is 1.23. The number of hydrogen-bond donors (Lipinski definition) is 0. The Balaban J connectivity index is 1.86. The third kappa shape index (κ3) is 2.83. The average molecular weight is 353 g/mol. The van der Waals surface area contributed by atoms with Crippen LogP contribution in [0, 0.1) is 0 Å². The first-order chi connectivity index (χ1) is 9.24. The smallest absolute Gasteiger partial charge is 0.0953 e. The highest BCUT2D eigenvalue weighted by atomic mass is 79.9. The van der Waals surface area contributed by atoms with Gasteiger partial charge in [0, 0.05) is 16.3 Å². The van der Waals surface area contributed by atoms with Gasteiger partial charge in [0.15, 0.2) is 0 Å². The van der Waals surface area contributed by atoms with Crippen LogP contribution in [0.1, 0.15) is 15.4 Å². The zero-order chi connectivity index (χ0) is 13.2. The molecule has 3 rings (SSSR count). The molecule has 1 atom stereocenters. The molecule has 0 aliphatic rings. The molecule has 0 bridgehead atoms. The van der Waals surface area contributed by atoms with Crippen molar-refractivity contribution in [2.24, 2.45) is 0 Å². The predicted octanol–water partition coefficient (Wildman–Crippen LogP) is 5.63. The van der Waals surface area contributed by atoms with Gasteiger partial charge in [0.05, 0.1) is 15.2 Å². The van der Waals surface area contributed by atoms with Crippen LogP contribution in [-0.2, 0) is 6.42 Å². The quantitative estimate of drug-likeness (QED) is 0.557. The molecule has 19 heavy (non-hydrogen) atoms. The van der Waals surface area contributed by atoms with Gasteiger partial charge in [-0.3, -0.25) is 0 Å². The second-order valence-corrected chi connectivity index (χ2v) is 6.90. The summed E-state index contributed by atoms with van der Waals surface area (Å²) in [6, 6.07) is 16.1. The summed E-state index contributed by atoms with van der Waals surface area (Å²) in [6.07, 6.45) is 0.850. The van der Waals surface area contributed by atoms with Crippen LogP contribution in [0.2, 0.25) is 5.02 Å². The fourth-order valence-corrected chi connectivity index (χ4v) is 4.33. The van der Waals surface area contributed by atoms with Gasteiger partial charge in [0.2, 0.25) is 0 Å². The molecule has 96 valence electrons. The molecular formula is C15H11BrClNS. The number of hydrogen-bond acceptors (Lipinski definition) is 2. The van der Waals surface area contributed by atoms with E-state index in [0.29, 0.717) is 0 Å². The van der Waals surface area contributed by atoms with Gasteiger partial charge in [-0.1, -0.05) is 57.9 Å². The maximum absolute atomic E-state index is 6.22. The molecule has 2 aromatic carbocycles. The summed E-state index contributed by atoms with van der Waals surface area (Å²) in [5.74, 6) is 0. The van der Waals surface area contributed by atoms with E-state index in [2.05, 4.69) is 33.0 Å². The van der Waals surface area contributed by atoms with Crippen LogP contribution in [-0.4, -0.2) is 4.98 Å². The first kappa shape index (κ1) is 13.1. The molecule has 1 heterocycles. The largest absolute Gasteiger partial charge is 0.241 e. The van der Waals surface area contributed by atoms with Gasteiger partial charge in [-0.2, -0.15) is 0 Å². The zero-order valence-electron chi connectivity index (χ0n) is 10.0. The number of rotatable bonds is 3. The van der Waals surface area contributed by atoms with Gasteiger partial charge in [0.1, 0.15) is 0 Å². The molecule has 0 aliphatic carbocycles. The van der Waals surface area contributed by atoms with Crippen molar-refractivity contribution >= 4 is 49.1 Å². The molecule has 0 amide bonds. The van der Waals surface area contributed by atoms with Crippen LogP contribution in [0.25, 0.3) is 10.2 Å². The number of nitrogens with zero attached hydrogens (tertiary/aromatic N) is 1. The van der Waals surface area contributed by atoms with Gasteiger partial charge in [0.25, 0.3) is 0 Å². The molecule has 0 spiro atoms. The monoisotopic (exact) mass is 351 g/mol. The normalized spacial score (nSPS) is 12.7. The third-order valence-electron chi connectivity index (χ3n) is 2.93. The van der Waals surface area contributed by atoms with E-state index in [1.54, 1.807) is 11.3 Å². The SMILES string of the molecule is Clc1ccccc1C(Br)Cc1nc2ccccc2s1. The molecule has 0 radical (unpaired) electrons. The van der Waals surface area contributed by atoms with Gasteiger partial charge < -0.3 is 0 Å². The number of halogens is 2. The number of thiazole rings is 1. The lowest BCUT2D eigenvalue weighted by atomic mass is 10.1. The molecule has 0 saturated carbocycles. The van der Waals surface area contributed by atoms with E-state index in [1.165, 1.54) is 4.70 Å². The van der Waals surface area contributed by atoms with Crippen molar-refractivity contribution in [3.63, 3.8) is 0 Å².